The molecule has 0 spiro atoms. The molecule has 0 saturated heterocycles. The fraction of sp³-hybridized carbons (Fsp3) is 0.481. The Hall–Kier alpha value is -2.87. The number of anilines is 1. The SMILES string of the molecule is CCNC(=O)[C@@H](CC)N(Cc1ccc(C)cc1)C(=O)CCCN(c1cccc(C)c1C)S(C)(=O)=O. The zero-order chi connectivity index (χ0) is 26.2. The second-order valence-corrected chi connectivity index (χ2v) is 10.9. The van der Waals surface area contributed by atoms with E-state index >= 15 is 0 Å². The molecule has 192 valence electrons. The fourth-order valence-electron chi connectivity index (χ4n) is 4.09. The summed E-state index contributed by atoms with van der Waals surface area (Å²) in [5, 5.41) is 2.83. The Bertz CT molecular complexity index is 1110. The molecule has 2 rings (SSSR count). The Labute approximate surface area is 210 Å². The Balaban J connectivity index is 2.23. The summed E-state index contributed by atoms with van der Waals surface area (Å²) in [6.07, 6.45) is 2.15. The molecule has 7 nitrogen and oxygen atoms in total. The van der Waals surface area contributed by atoms with Crippen molar-refractivity contribution in [1.82, 2.24) is 10.2 Å². The second kappa shape index (κ2) is 12.7. The number of carbonyl (C=O) groups is 2. The van der Waals surface area contributed by atoms with Gasteiger partial charge in [-0.15, -0.1) is 0 Å². The van der Waals surface area contributed by atoms with E-state index in [0.29, 0.717) is 31.6 Å². The number of likely N-dealkylation sites (N-methyl/N-ethyl adjacent to an activating group) is 1. The third kappa shape index (κ3) is 7.82. The number of carbonyl (C=O) groups excluding carboxylic acids is 2. The molecule has 2 aromatic carbocycles. The van der Waals surface area contributed by atoms with Crippen molar-refractivity contribution in [3.63, 3.8) is 0 Å². The molecule has 0 fully saturated rings. The predicted molar refractivity (Wildman–Crippen MR) is 142 cm³/mol. The number of hydrogen-bond acceptors (Lipinski definition) is 4. The quantitative estimate of drug-likeness (QED) is 0.474. The zero-order valence-electron chi connectivity index (χ0n) is 21.8. The number of benzene rings is 2. The van der Waals surface area contributed by atoms with Gasteiger partial charge in [-0.2, -0.15) is 0 Å². The first-order valence-electron chi connectivity index (χ1n) is 12.2. The minimum absolute atomic E-state index is 0.138. The molecule has 2 amide bonds. The van der Waals surface area contributed by atoms with Crippen molar-refractivity contribution < 1.29 is 18.0 Å². The predicted octanol–water partition coefficient (Wildman–Crippen LogP) is 4.10. The van der Waals surface area contributed by atoms with Gasteiger partial charge in [-0.1, -0.05) is 48.9 Å². The summed E-state index contributed by atoms with van der Waals surface area (Å²) in [5.41, 5.74) is 4.59. The Kier molecular flexibility index (Phi) is 10.3. The maximum absolute atomic E-state index is 13.4. The van der Waals surface area contributed by atoms with Gasteiger partial charge in [0.15, 0.2) is 0 Å². The lowest BCUT2D eigenvalue weighted by atomic mass is 10.1. The van der Waals surface area contributed by atoms with Gasteiger partial charge in [0.2, 0.25) is 21.8 Å². The average Bonchev–Trinajstić information content (AvgIpc) is 2.79. The zero-order valence-corrected chi connectivity index (χ0v) is 22.6. The van der Waals surface area contributed by atoms with E-state index in [1.54, 1.807) is 11.0 Å². The van der Waals surface area contributed by atoms with Gasteiger partial charge < -0.3 is 10.2 Å². The summed E-state index contributed by atoms with van der Waals surface area (Å²) < 4.78 is 26.5. The van der Waals surface area contributed by atoms with Crippen molar-refractivity contribution in [1.29, 1.82) is 0 Å². The van der Waals surface area contributed by atoms with Crippen LogP contribution in [0.4, 0.5) is 5.69 Å². The number of aryl methyl sites for hydroxylation is 2. The van der Waals surface area contributed by atoms with Crippen molar-refractivity contribution in [2.45, 2.75) is 66.5 Å². The molecule has 35 heavy (non-hydrogen) atoms. The highest BCUT2D eigenvalue weighted by Gasteiger charge is 2.28. The third-order valence-electron chi connectivity index (χ3n) is 6.21. The summed E-state index contributed by atoms with van der Waals surface area (Å²) in [7, 11) is -3.53. The minimum Gasteiger partial charge on any atom is -0.355 e. The number of sulfonamides is 1. The monoisotopic (exact) mass is 501 g/mol. The van der Waals surface area contributed by atoms with E-state index in [2.05, 4.69) is 5.32 Å². The van der Waals surface area contributed by atoms with Crippen molar-refractivity contribution in [2.24, 2.45) is 0 Å². The smallest absolute Gasteiger partial charge is 0.242 e. The van der Waals surface area contributed by atoms with Crippen LogP contribution >= 0.6 is 0 Å². The molecule has 2 aromatic rings. The van der Waals surface area contributed by atoms with Crippen LogP contribution in [0.2, 0.25) is 0 Å². The van der Waals surface area contributed by atoms with E-state index < -0.39 is 16.1 Å². The van der Waals surface area contributed by atoms with Crippen molar-refractivity contribution >= 4 is 27.5 Å². The summed E-state index contributed by atoms with van der Waals surface area (Å²) in [6.45, 7) is 10.6. The molecule has 0 unspecified atom stereocenters. The first-order chi connectivity index (χ1) is 16.5. The maximum Gasteiger partial charge on any atom is 0.242 e. The van der Waals surface area contributed by atoms with Gasteiger partial charge in [-0.3, -0.25) is 13.9 Å². The van der Waals surface area contributed by atoms with E-state index in [0.717, 1.165) is 22.3 Å². The molecule has 1 N–H and O–H groups in total. The number of rotatable bonds is 12. The topological polar surface area (TPSA) is 86.8 Å². The first-order valence-corrected chi connectivity index (χ1v) is 14.0. The lowest BCUT2D eigenvalue weighted by Crippen LogP contribution is -2.49. The van der Waals surface area contributed by atoms with Crippen LogP contribution in [0.3, 0.4) is 0 Å². The molecule has 8 heteroatoms. The highest BCUT2D eigenvalue weighted by molar-refractivity contribution is 7.92. The van der Waals surface area contributed by atoms with Crippen molar-refractivity contribution in [2.75, 3.05) is 23.7 Å². The van der Waals surface area contributed by atoms with E-state index in [4.69, 9.17) is 0 Å². The molecular formula is C27H39N3O4S. The second-order valence-electron chi connectivity index (χ2n) is 8.98. The molecule has 0 aliphatic heterocycles. The van der Waals surface area contributed by atoms with Crippen molar-refractivity contribution in [3.8, 4) is 0 Å². The molecule has 1 atom stereocenters. The lowest BCUT2D eigenvalue weighted by Gasteiger charge is -2.31. The molecule has 0 bridgehead atoms. The third-order valence-corrected chi connectivity index (χ3v) is 7.39. The number of nitrogens with one attached hydrogen (secondary N) is 1. The van der Waals surface area contributed by atoms with Gasteiger partial charge in [-0.25, -0.2) is 8.42 Å². The fourth-order valence-corrected chi connectivity index (χ4v) is 5.11. The van der Waals surface area contributed by atoms with Crippen LogP contribution in [-0.2, 0) is 26.2 Å². The van der Waals surface area contributed by atoms with Gasteiger partial charge >= 0.3 is 0 Å². The molecule has 0 radical (unpaired) electrons. The van der Waals surface area contributed by atoms with Crippen LogP contribution in [-0.4, -0.2) is 50.5 Å². The number of amides is 2. The summed E-state index contributed by atoms with van der Waals surface area (Å²) in [5.74, 6) is -0.346. The number of hydrogen-bond donors (Lipinski definition) is 1. The van der Waals surface area contributed by atoms with Crippen LogP contribution in [0.15, 0.2) is 42.5 Å². The standard InChI is InChI=1S/C27H39N3O4S/c1-7-24(27(32)28-8-2)29(19-23-16-14-20(3)15-17-23)26(31)13-10-18-30(35(6,33)34)25-12-9-11-21(4)22(25)5/h9,11-12,14-17,24H,7-8,10,13,18-19H2,1-6H3,(H,28,32)/t24-/m1/s1. The van der Waals surface area contributed by atoms with Crippen LogP contribution in [0.1, 0.15) is 55.4 Å². The summed E-state index contributed by atoms with van der Waals surface area (Å²) in [6, 6.07) is 12.9. The Morgan fingerprint density at radius 2 is 1.66 bits per heavy atom. The van der Waals surface area contributed by atoms with Crippen LogP contribution in [0.5, 0.6) is 0 Å². The first kappa shape index (κ1) is 28.4. The van der Waals surface area contributed by atoms with E-state index in [1.807, 2.05) is 71.0 Å². The molecular weight excluding hydrogens is 462 g/mol. The van der Waals surface area contributed by atoms with E-state index in [-0.39, 0.29) is 24.8 Å². The number of nitrogens with zero attached hydrogens (tertiary/aromatic N) is 2. The Morgan fingerprint density at radius 1 is 1.00 bits per heavy atom. The van der Waals surface area contributed by atoms with Crippen molar-refractivity contribution in [3.05, 3.63) is 64.7 Å². The van der Waals surface area contributed by atoms with Gasteiger partial charge in [0.25, 0.3) is 0 Å². The normalized spacial score (nSPS) is 12.2. The van der Waals surface area contributed by atoms with E-state index in [9.17, 15) is 18.0 Å². The summed E-state index contributed by atoms with van der Waals surface area (Å²) in [4.78, 5) is 27.8. The van der Waals surface area contributed by atoms with Gasteiger partial charge in [0.05, 0.1) is 11.9 Å². The van der Waals surface area contributed by atoms with Gasteiger partial charge in [0.1, 0.15) is 6.04 Å². The lowest BCUT2D eigenvalue weighted by molar-refractivity contribution is -0.141. The average molecular weight is 502 g/mol. The van der Waals surface area contributed by atoms with Crippen LogP contribution in [0.25, 0.3) is 0 Å². The van der Waals surface area contributed by atoms with Gasteiger partial charge in [-0.05, 0) is 63.3 Å². The summed E-state index contributed by atoms with van der Waals surface area (Å²) >= 11 is 0. The van der Waals surface area contributed by atoms with Crippen LogP contribution < -0.4 is 9.62 Å². The molecule has 0 aromatic heterocycles. The maximum atomic E-state index is 13.4. The largest absolute Gasteiger partial charge is 0.355 e. The van der Waals surface area contributed by atoms with Crippen LogP contribution in [0, 0.1) is 20.8 Å². The molecule has 0 aliphatic carbocycles. The highest BCUT2D eigenvalue weighted by Crippen LogP contribution is 2.25. The molecule has 0 heterocycles. The Morgan fingerprint density at radius 3 is 2.23 bits per heavy atom. The highest BCUT2D eigenvalue weighted by atomic mass is 32.2. The van der Waals surface area contributed by atoms with Gasteiger partial charge in [0, 0.05) is 26.1 Å². The minimum atomic E-state index is -3.53. The molecule has 0 aliphatic rings. The molecule has 0 saturated carbocycles. The van der Waals surface area contributed by atoms with E-state index in [1.165, 1.54) is 10.6 Å².